The van der Waals surface area contributed by atoms with Gasteiger partial charge < -0.3 is 109 Å². The number of carbonyl (C=O) groups excluding carboxylic acids is 8. The zero-order valence-electron chi connectivity index (χ0n) is 54.4. The van der Waals surface area contributed by atoms with Crippen molar-refractivity contribution in [3.05, 3.63) is 110 Å². The molecule has 1 fully saturated rings. The molecule has 6 aromatic rings. The van der Waals surface area contributed by atoms with Crippen molar-refractivity contribution in [2.75, 3.05) is 30.5 Å². The summed E-state index contributed by atoms with van der Waals surface area (Å²) < 4.78 is 18.3. The molecule has 0 bridgehead atoms. The van der Waals surface area contributed by atoms with Crippen molar-refractivity contribution >= 4 is 99.9 Å². The molecule has 2 unspecified atom stereocenters. The van der Waals surface area contributed by atoms with Crippen LogP contribution < -0.4 is 64.9 Å². The van der Waals surface area contributed by atoms with E-state index < -0.39 is 223 Å². The molecule has 548 valence electrons. The molecule has 23 N–H and O–H groups in total. The van der Waals surface area contributed by atoms with Crippen LogP contribution in [0.15, 0.2) is 64.4 Å². The SMILES string of the molecule is COc1cccc2c1C(=O)c1c(O)c3c(c(O)c1C2=O)C[C@@](O)(C(C=O)NNC(=O)CCn1c(O)cc(SC[C@H](NC(=O)[C@H](CC(=O)O)NC(=O)[C@@H](N)CNC(=O)CC[C@@H](NC(=O)c2ccc(NCc4cnc5nc(N)[nH]c(=O)c5n4)cc2)C(=O)O)C(=O)O)c1O)C[C@@H]3O[C@H]1C[C@@H](N)[C@H](O)C(C)O1. The number of thioether (sulfide) groups is 1. The first-order valence-corrected chi connectivity index (χ1v) is 32.3. The van der Waals surface area contributed by atoms with Crippen molar-refractivity contribution in [3.8, 4) is 29.0 Å². The van der Waals surface area contributed by atoms with E-state index in [1.807, 2.05) is 0 Å². The number of aromatic hydroxyl groups is 4. The number of aliphatic hydroxyl groups excluding tert-OH is 1. The number of nitrogens with one attached hydrogen (secondary N) is 8. The maximum atomic E-state index is 14.2. The number of nitrogens with two attached hydrogens (primary N) is 3. The van der Waals surface area contributed by atoms with E-state index in [9.17, 15) is 103 Å². The van der Waals surface area contributed by atoms with Gasteiger partial charge in [0.05, 0.1) is 77.5 Å². The van der Waals surface area contributed by atoms with E-state index in [1.54, 1.807) is 0 Å². The molecule has 103 heavy (non-hydrogen) atoms. The normalized spacial score (nSPS) is 19.7. The molecule has 0 radical (unpaired) electrons. The van der Waals surface area contributed by atoms with Gasteiger partial charge in [-0.15, -0.1) is 11.8 Å². The summed E-state index contributed by atoms with van der Waals surface area (Å²) in [4.78, 5) is 170. The Balaban J connectivity index is 0.752. The molecule has 0 spiro atoms. The van der Waals surface area contributed by atoms with Crippen LogP contribution >= 0.6 is 11.8 Å². The lowest BCUT2D eigenvalue weighted by molar-refractivity contribution is -0.248. The number of fused-ring (bicyclic) bond motifs is 4. The third kappa shape index (κ3) is 17.2. The molecule has 3 aromatic heterocycles. The first-order valence-electron chi connectivity index (χ1n) is 31.4. The molecule has 11 atom stereocenters. The number of hydrogen-bond donors (Lipinski definition) is 20. The number of methoxy groups -OCH3 is 1. The lowest BCUT2D eigenvalue weighted by Crippen LogP contribution is -2.60. The summed E-state index contributed by atoms with van der Waals surface area (Å²) in [6.07, 6.45) is -7.45. The summed E-state index contributed by atoms with van der Waals surface area (Å²) in [6, 6.07) is 1.10. The topological polar surface area (TPSA) is 636 Å². The van der Waals surface area contributed by atoms with Crippen LogP contribution in [0.5, 0.6) is 29.0 Å². The molecule has 0 saturated carbocycles. The maximum absolute atomic E-state index is 14.2. The van der Waals surface area contributed by atoms with Crippen LogP contribution in [-0.2, 0) is 67.3 Å². The van der Waals surface area contributed by atoms with Crippen LogP contribution in [0.2, 0.25) is 0 Å². The molecule has 4 heterocycles. The molecule has 40 heteroatoms. The summed E-state index contributed by atoms with van der Waals surface area (Å²) in [5.41, 5.74) is 18.1. The van der Waals surface area contributed by atoms with Crippen LogP contribution in [0, 0.1) is 0 Å². The Morgan fingerprint density at radius 3 is 2.25 bits per heavy atom. The highest BCUT2D eigenvalue weighted by atomic mass is 32.2. The minimum Gasteiger partial charge on any atom is -0.507 e. The van der Waals surface area contributed by atoms with Crippen LogP contribution in [-0.4, -0.2) is 216 Å². The number of aromatic amines is 1. The van der Waals surface area contributed by atoms with Crippen molar-refractivity contribution in [1.82, 2.24) is 56.6 Å². The Labute approximate surface area is 584 Å². The monoisotopic (exact) mass is 1450 g/mol. The van der Waals surface area contributed by atoms with Gasteiger partial charge in [0.2, 0.25) is 41.2 Å². The smallest absolute Gasteiger partial charge is 0.327 e. The highest BCUT2D eigenvalue weighted by molar-refractivity contribution is 7.99. The molecule has 3 aliphatic rings. The number of H-pyrrole nitrogens is 1. The zero-order valence-corrected chi connectivity index (χ0v) is 55.2. The highest BCUT2D eigenvalue weighted by Crippen LogP contribution is 2.53. The van der Waals surface area contributed by atoms with Crippen molar-refractivity contribution in [1.29, 1.82) is 0 Å². The summed E-state index contributed by atoms with van der Waals surface area (Å²) in [6.45, 7) is 0.447. The van der Waals surface area contributed by atoms with Gasteiger partial charge in [-0.2, -0.15) is 4.98 Å². The number of hydrogen-bond acceptors (Lipinski definition) is 30. The second-order valence-electron chi connectivity index (χ2n) is 24.1. The number of aliphatic hydroxyl groups is 2. The number of ether oxygens (including phenoxy) is 3. The van der Waals surface area contributed by atoms with E-state index in [1.165, 1.54) is 62.7 Å². The number of amides is 5. The second-order valence-corrected chi connectivity index (χ2v) is 25.2. The number of hydrazine groups is 1. The van der Waals surface area contributed by atoms with E-state index in [0.717, 1.165) is 10.6 Å². The predicted molar refractivity (Wildman–Crippen MR) is 353 cm³/mol. The van der Waals surface area contributed by atoms with Crippen molar-refractivity contribution in [2.45, 2.75) is 136 Å². The number of ketones is 2. The van der Waals surface area contributed by atoms with Gasteiger partial charge in [-0.3, -0.25) is 58.1 Å². The van der Waals surface area contributed by atoms with Gasteiger partial charge in [0.25, 0.3) is 11.5 Å². The number of phenolic OH excluding ortho intramolecular Hbond substituents is 2. The van der Waals surface area contributed by atoms with Crippen LogP contribution in [0.25, 0.3) is 11.2 Å². The minimum absolute atomic E-state index is 0.0110. The Bertz CT molecular complexity index is 4410. The van der Waals surface area contributed by atoms with E-state index in [2.05, 4.69) is 57.4 Å². The van der Waals surface area contributed by atoms with E-state index in [0.29, 0.717) is 23.1 Å². The number of aromatic nitrogens is 5. The summed E-state index contributed by atoms with van der Waals surface area (Å²) in [7, 11) is 1.26. The van der Waals surface area contributed by atoms with Gasteiger partial charge in [-0.05, 0) is 43.7 Å². The average Bonchev–Trinajstić information content (AvgIpc) is 0.961. The number of aldehydes is 1. The summed E-state index contributed by atoms with van der Waals surface area (Å²) in [5, 5.41) is 110. The fourth-order valence-electron chi connectivity index (χ4n) is 11.7. The fourth-order valence-corrected chi connectivity index (χ4v) is 12.7. The third-order valence-electron chi connectivity index (χ3n) is 17.1. The van der Waals surface area contributed by atoms with E-state index in [-0.39, 0.29) is 74.8 Å². The summed E-state index contributed by atoms with van der Waals surface area (Å²) in [5.74, 6) is -15.6. The van der Waals surface area contributed by atoms with Gasteiger partial charge in [0.15, 0.2) is 29.1 Å². The van der Waals surface area contributed by atoms with E-state index in [4.69, 9.17) is 31.4 Å². The van der Waals surface area contributed by atoms with Crippen molar-refractivity contribution in [2.24, 2.45) is 11.5 Å². The van der Waals surface area contributed by atoms with Crippen LogP contribution in [0.4, 0.5) is 11.6 Å². The molecule has 5 amide bonds. The Kier molecular flexibility index (Phi) is 23.6. The number of nitrogens with zero attached hydrogens (tertiary/aromatic N) is 4. The minimum atomic E-state index is -2.38. The first kappa shape index (κ1) is 75.8. The molecule has 2 aliphatic carbocycles. The standard InChI is InChI=1S/C63H71N15O24S/c1-24-49(85)30(64)14-43(101-24)102-36-18-63(99,17-29-45(36)53(89)47-46(51(29)87)50(86)28-4-3-5-35(100-2)44(28)52(47)88)38(22-79)76-77-40(81)12-13-78-41(82)16-37(59(78)94)103-23-34(61(97)98)73-57(92)33(15-42(83)84)72-56(91)31(65)21-68-39(80)11-10-32(60(95)96)71-55(90)25-6-8-26(9-7-25)67-19-27-20-69-54-48(70-27)58(93)75-62(66)74-54/h3-9,16,20,22,24,30-34,36,38,43,49,67,76,82,85,87,89,94,99H,10-15,17-19,21,23,64-65H2,1-2H3,(H,68,80)(H,71,90)(H,72,91)(H,73,92)(H,77,81)(H,83,84)(H,95,96)(H,97,98)(H3,66,69,74,75,93)/t24?,30-,31+,32-,33+,34+,36+,38?,43+,49-,63+/m1/s1. The lowest BCUT2D eigenvalue weighted by Gasteiger charge is -2.44. The average molecular weight is 1450 g/mol. The Hall–Kier alpha value is -11.4. The number of carbonyl (C=O) groups is 11. The van der Waals surface area contributed by atoms with Gasteiger partial charge in [0, 0.05) is 91.0 Å². The van der Waals surface area contributed by atoms with Crippen LogP contribution in [0.1, 0.15) is 111 Å². The van der Waals surface area contributed by atoms with Gasteiger partial charge in [0.1, 0.15) is 53.7 Å². The quantitative estimate of drug-likeness (QED) is 0.00885. The molecule has 1 aliphatic heterocycles. The van der Waals surface area contributed by atoms with E-state index >= 15 is 0 Å². The molecular weight excluding hydrogens is 1380 g/mol. The Morgan fingerprint density at radius 2 is 1.58 bits per heavy atom. The molecule has 39 nitrogen and oxygen atoms in total. The maximum Gasteiger partial charge on any atom is 0.327 e. The molecule has 3 aromatic carbocycles. The number of phenols is 2. The van der Waals surface area contributed by atoms with Gasteiger partial charge in [-0.25, -0.2) is 25.0 Å². The second kappa shape index (κ2) is 32.1. The number of benzene rings is 3. The summed E-state index contributed by atoms with van der Waals surface area (Å²) >= 11 is 0.558. The predicted octanol–water partition coefficient (Wildman–Crippen LogP) is -3.12. The number of carboxylic acids is 3. The number of rotatable bonds is 31. The third-order valence-corrected chi connectivity index (χ3v) is 18.2. The number of anilines is 2. The number of carboxylic acid groups (broad SMARTS) is 3. The van der Waals surface area contributed by atoms with Crippen molar-refractivity contribution in [3.63, 3.8) is 0 Å². The fraction of sp³-hybridized carbons (Fsp3) is 0.381. The number of aliphatic carboxylic acids is 3. The van der Waals surface area contributed by atoms with Gasteiger partial charge in [-0.1, -0.05) is 12.1 Å². The molecular formula is C63H71N15O24S. The Morgan fingerprint density at radius 1 is 0.883 bits per heavy atom. The highest BCUT2D eigenvalue weighted by Gasteiger charge is 2.51. The van der Waals surface area contributed by atoms with Crippen LogP contribution in [0.3, 0.4) is 0 Å². The molecule has 9 rings (SSSR count). The molecule has 1 saturated heterocycles. The zero-order chi connectivity index (χ0) is 75.0. The number of nitrogen functional groups attached to an aromatic ring is 1. The largest absolute Gasteiger partial charge is 0.507 e. The first-order chi connectivity index (χ1) is 48.8. The van der Waals surface area contributed by atoms with Crippen molar-refractivity contribution < 1.29 is 113 Å². The van der Waals surface area contributed by atoms with Gasteiger partial charge >= 0.3 is 17.9 Å². The lowest BCUT2D eigenvalue weighted by atomic mass is 9.71.